The van der Waals surface area contributed by atoms with E-state index in [1.54, 1.807) is 14.2 Å². The smallest absolute Gasteiger partial charge is 0.286 e. The molecule has 1 amide bonds. The molecule has 2 heterocycles. The van der Waals surface area contributed by atoms with E-state index < -0.39 is 0 Å². The van der Waals surface area contributed by atoms with E-state index in [9.17, 15) is 4.79 Å². The summed E-state index contributed by atoms with van der Waals surface area (Å²) in [5.41, 5.74) is 0.896. The van der Waals surface area contributed by atoms with Crippen molar-refractivity contribution in [2.45, 2.75) is 19.8 Å². The Labute approximate surface area is 146 Å². The maximum Gasteiger partial charge on any atom is 0.286 e. The van der Waals surface area contributed by atoms with Crippen molar-refractivity contribution in [3.05, 3.63) is 28.7 Å². The molecule has 6 heteroatoms. The van der Waals surface area contributed by atoms with Gasteiger partial charge < -0.3 is 14.4 Å². The number of thioether (sulfide) groups is 1. The summed E-state index contributed by atoms with van der Waals surface area (Å²) < 4.78 is 10.6. The summed E-state index contributed by atoms with van der Waals surface area (Å²) in [5.74, 6) is 1.91. The second kappa shape index (κ2) is 7.30. The zero-order valence-electron chi connectivity index (χ0n) is 14.2. The average Bonchev–Trinajstić information content (AvgIpc) is 2.96. The first-order valence-corrected chi connectivity index (χ1v) is 8.92. The Bertz CT molecular complexity index is 692. The first kappa shape index (κ1) is 16.9. The minimum absolute atomic E-state index is 0.164. The fourth-order valence-electron chi connectivity index (χ4n) is 2.83. The van der Waals surface area contributed by atoms with E-state index in [0.29, 0.717) is 16.4 Å². The highest BCUT2D eigenvalue weighted by atomic mass is 32.2. The zero-order chi connectivity index (χ0) is 17.1. The van der Waals surface area contributed by atoms with E-state index in [0.717, 1.165) is 42.6 Å². The third-order valence-corrected chi connectivity index (χ3v) is 5.41. The number of hydrogen-bond acceptors (Lipinski definition) is 5. The van der Waals surface area contributed by atoms with Crippen molar-refractivity contribution in [3.8, 4) is 11.5 Å². The molecular formula is C18H22N2O3S. The number of carbonyl (C=O) groups is 1. The molecule has 1 aromatic carbocycles. The molecular weight excluding hydrogens is 324 g/mol. The van der Waals surface area contributed by atoms with Gasteiger partial charge in [0.15, 0.2) is 16.7 Å². The van der Waals surface area contributed by atoms with Gasteiger partial charge in [0.05, 0.1) is 19.1 Å². The van der Waals surface area contributed by atoms with Crippen LogP contribution in [0.2, 0.25) is 0 Å². The second-order valence-electron chi connectivity index (χ2n) is 6.09. The topological polar surface area (TPSA) is 51.1 Å². The van der Waals surface area contributed by atoms with Gasteiger partial charge in [0.1, 0.15) is 0 Å². The molecule has 0 aliphatic carbocycles. The van der Waals surface area contributed by atoms with Crippen molar-refractivity contribution in [2.75, 3.05) is 27.3 Å². The summed E-state index contributed by atoms with van der Waals surface area (Å²) >= 11 is 1.46. The number of hydrogen-bond donors (Lipinski definition) is 0. The van der Waals surface area contributed by atoms with Crippen LogP contribution in [0, 0.1) is 5.92 Å². The lowest BCUT2D eigenvalue weighted by Gasteiger charge is -2.30. The Morgan fingerprint density at radius 3 is 2.58 bits per heavy atom. The molecule has 0 atom stereocenters. The first-order chi connectivity index (χ1) is 11.6. The van der Waals surface area contributed by atoms with E-state index in [1.807, 2.05) is 24.3 Å². The summed E-state index contributed by atoms with van der Waals surface area (Å²) in [6, 6.07) is 5.60. The summed E-state index contributed by atoms with van der Waals surface area (Å²) in [5, 5.41) is 0.832. The Morgan fingerprint density at radius 1 is 1.21 bits per heavy atom. The maximum atomic E-state index is 12.2. The van der Waals surface area contributed by atoms with Gasteiger partial charge in [-0.2, -0.15) is 4.99 Å². The molecule has 0 radical (unpaired) electrons. The largest absolute Gasteiger partial charge is 0.493 e. The highest BCUT2D eigenvalue weighted by Gasteiger charge is 2.28. The minimum Gasteiger partial charge on any atom is -0.493 e. The lowest BCUT2D eigenvalue weighted by Crippen LogP contribution is -2.35. The van der Waals surface area contributed by atoms with Gasteiger partial charge in [-0.3, -0.25) is 4.79 Å². The van der Waals surface area contributed by atoms with Crippen molar-refractivity contribution in [3.63, 3.8) is 0 Å². The number of benzene rings is 1. The summed E-state index contributed by atoms with van der Waals surface area (Å²) in [7, 11) is 3.20. The molecule has 0 aromatic heterocycles. The predicted octanol–water partition coefficient (Wildman–Crippen LogP) is 3.41. The van der Waals surface area contributed by atoms with Crippen LogP contribution in [0.1, 0.15) is 25.3 Å². The number of ether oxygens (including phenoxy) is 2. The molecule has 0 bridgehead atoms. The van der Waals surface area contributed by atoms with Crippen molar-refractivity contribution < 1.29 is 14.3 Å². The van der Waals surface area contributed by atoms with Gasteiger partial charge in [0.25, 0.3) is 5.91 Å². The van der Waals surface area contributed by atoms with Crippen LogP contribution in [-0.4, -0.2) is 43.3 Å². The number of likely N-dealkylation sites (tertiary alicyclic amines) is 1. The molecule has 1 aromatic rings. The lowest BCUT2D eigenvalue weighted by atomic mass is 10.00. The van der Waals surface area contributed by atoms with Crippen LogP contribution in [0.4, 0.5) is 0 Å². The van der Waals surface area contributed by atoms with Crippen molar-refractivity contribution in [1.29, 1.82) is 0 Å². The molecule has 1 saturated heterocycles. The standard InChI is InChI=1S/C18H22N2O3S/c1-12-6-8-20(9-7-12)18-19-17(21)16(24-18)11-13-4-5-14(22-2)15(10-13)23-3/h4-5,10-12H,6-9H2,1-3H3. The van der Waals surface area contributed by atoms with Gasteiger partial charge in [0, 0.05) is 13.1 Å². The predicted molar refractivity (Wildman–Crippen MR) is 97.5 cm³/mol. The number of carbonyl (C=O) groups excluding carboxylic acids is 1. The molecule has 0 spiro atoms. The number of amides is 1. The van der Waals surface area contributed by atoms with Gasteiger partial charge in [-0.25, -0.2) is 0 Å². The highest BCUT2D eigenvalue weighted by Crippen LogP contribution is 2.34. The van der Waals surface area contributed by atoms with Gasteiger partial charge in [-0.05, 0) is 54.3 Å². The van der Waals surface area contributed by atoms with E-state index in [-0.39, 0.29) is 5.91 Å². The number of piperidine rings is 1. The molecule has 2 aliphatic rings. The van der Waals surface area contributed by atoms with Crippen LogP contribution in [0.5, 0.6) is 11.5 Å². The van der Waals surface area contributed by atoms with Gasteiger partial charge in [-0.1, -0.05) is 13.0 Å². The fourth-order valence-corrected chi connectivity index (χ4v) is 3.79. The van der Waals surface area contributed by atoms with Crippen LogP contribution in [0.15, 0.2) is 28.1 Å². The van der Waals surface area contributed by atoms with Gasteiger partial charge in [0.2, 0.25) is 0 Å². The van der Waals surface area contributed by atoms with Crippen molar-refractivity contribution >= 4 is 28.9 Å². The summed E-state index contributed by atoms with van der Waals surface area (Å²) in [4.78, 5) is 19.3. The lowest BCUT2D eigenvalue weighted by molar-refractivity contribution is -0.113. The van der Waals surface area contributed by atoms with Crippen LogP contribution in [0.3, 0.4) is 0 Å². The van der Waals surface area contributed by atoms with Crippen LogP contribution in [-0.2, 0) is 4.79 Å². The van der Waals surface area contributed by atoms with Crippen molar-refractivity contribution in [2.24, 2.45) is 10.9 Å². The van der Waals surface area contributed by atoms with Crippen LogP contribution >= 0.6 is 11.8 Å². The quantitative estimate of drug-likeness (QED) is 0.785. The Balaban J connectivity index is 1.74. The summed E-state index contributed by atoms with van der Waals surface area (Å²) in [6.07, 6.45) is 4.17. The molecule has 1 fully saturated rings. The average molecular weight is 346 g/mol. The zero-order valence-corrected chi connectivity index (χ0v) is 15.1. The molecule has 128 valence electrons. The Kier molecular flexibility index (Phi) is 5.14. The number of aliphatic imine (C=N–C) groups is 1. The van der Waals surface area contributed by atoms with Crippen molar-refractivity contribution in [1.82, 2.24) is 4.90 Å². The van der Waals surface area contributed by atoms with Gasteiger partial charge in [-0.15, -0.1) is 0 Å². The molecule has 5 nitrogen and oxygen atoms in total. The minimum atomic E-state index is -0.164. The molecule has 3 rings (SSSR count). The Morgan fingerprint density at radius 2 is 1.92 bits per heavy atom. The molecule has 0 N–H and O–H groups in total. The third kappa shape index (κ3) is 3.59. The van der Waals surface area contributed by atoms with E-state index in [4.69, 9.17) is 9.47 Å². The van der Waals surface area contributed by atoms with E-state index in [2.05, 4.69) is 16.8 Å². The second-order valence-corrected chi connectivity index (χ2v) is 7.10. The SMILES string of the molecule is COc1ccc(C=C2SC(N3CCC(C)CC3)=NC2=O)cc1OC. The number of rotatable bonds is 3. The maximum absolute atomic E-state index is 12.2. The van der Waals surface area contributed by atoms with Crippen LogP contribution < -0.4 is 9.47 Å². The molecule has 0 unspecified atom stereocenters. The third-order valence-electron chi connectivity index (χ3n) is 4.37. The molecule has 24 heavy (non-hydrogen) atoms. The number of amidine groups is 1. The Hall–Kier alpha value is -1.95. The van der Waals surface area contributed by atoms with E-state index in [1.165, 1.54) is 11.8 Å². The number of nitrogens with zero attached hydrogens (tertiary/aromatic N) is 2. The normalized spacial score (nSPS) is 20.5. The summed E-state index contributed by atoms with van der Waals surface area (Å²) in [6.45, 7) is 4.22. The van der Waals surface area contributed by atoms with Gasteiger partial charge >= 0.3 is 0 Å². The molecule has 0 saturated carbocycles. The highest BCUT2D eigenvalue weighted by molar-refractivity contribution is 8.18. The van der Waals surface area contributed by atoms with Crippen LogP contribution in [0.25, 0.3) is 6.08 Å². The first-order valence-electron chi connectivity index (χ1n) is 8.10. The monoisotopic (exact) mass is 346 g/mol. The fraction of sp³-hybridized carbons (Fsp3) is 0.444. The molecule has 2 aliphatic heterocycles. The number of methoxy groups -OCH3 is 2. The van der Waals surface area contributed by atoms with E-state index >= 15 is 0 Å².